The molecule has 0 aromatic rings. The normalized spacial score (nSPS) is 6.57. The van der Waals surface area contributed by atoms with Gasteiger partial charge in [0.15, 0.2) is 0 Å². The summed E-state index contributed by atoms with van der Waals surface area (Å²) in [7, 11) is 1.38. The van der Waals surface area contributed by atoms with Gasteiger partial charge in [-0.15, -0.1) is 0 Å². The first-order chi connectivity index (χ1) is 2.81. The Kier molecular flexibility index (Phi) is 8.92. The van der Waals surface area contributed by atoms with Crippen molar-refractivity contribution in [2.75, 3.05) is 7.11 Å². The van der Waals surface area contributed by atoms with Crippen LogP contribution in [0.5, 0.6) is 0 Å². The zero-order chi connectivity index (χ0) is 4.99. The number of carbonyl (C=O) groups is 1. The summed E-state index contributed by atoms with van der Waals surface area (Å²) >= 11 is 0. The minimum absolute atomic E-state index is 0. The van der Waals surface area contributed by atoms with Gasteiger partial charge in [0.05, 0.1) is 7.11 Å². The molecule has 0 spiro atoms. The molecular formula is C4H8O2Pd. The fourth-order valence-electron chi connectivity index (χ4n) is 0.144. The molecule has 0 bridgehead atoms. The summed E-state index contributed by atoms with van der Waals surface area (Å²) in [5.41, 5.74) is 0. The van der Waals surface area contributed by atoms with Crippen molar-refractivity contribution in [2.45, 2.75) is 13.3 Å². The average Bonchev–Trinajstić information content (AvgIpc) is 1.65. The van der Waals surface area contributed by atoms with E-state index in [4.69, 9.17) is 0 Å². The molecule has 7 heavy (non-hydrogen) atoms. The van der Waals surface area contributed by atoms with Crippen molar-refractivity contribution in [1.82, 2.24) is 0 Å². The molecule has 0 saturated carbocycles. The standard InChI is InChI=1S/C4H8O2.Pd/c1-3-4(5)6-2;/h3H2,1-2H3;. The van der Waals surface area contributed by atoms with Crippen molar-refractivity contribution < 1.29 is 30.0 Å². The van der Waals surface area contributed by atoms with Crippen molar-refractivity contribution >= 4 is 5.97 Å². The predicted molar refractivity (Wildman–Crippen MR) is 22.3 cm³/mol. The Hall–Kier alpha value is 0.132. The number of esters is 1. The Morgan fingerprint density at radius 2 is 2.14 bits per heavy atom. The van der Waals surface area contributed by atoms with E-state index in [0.717, 1.165) is 0 Å². The van der Waals surface area contributed by atoms with E-state index in [1.165, 1.54) is 7.11 Å². The maximum absolute atomic E-state index is 9.96. The number of hydrogen-bond donors (Lipinski definition) is 0. The number of methoxy groups -OCH3 is 1. The van der Waals surface area contributed by atoms with Crippen LogP contribution in [0.3, 0.4) is 0 Å². The van der Waals surface area contributed by atoms with Crippen molar-refractivity contribution in [3.63, 3.8) is 0 Å². The Morgan fingerprint density at radius 3 is 2.14 bits per heavy atom. The number of hydrogen-bond acceptors (Lipinski definition) is 2. The van der Waals surface area contributed by atoms with Crippen LogP contribution >= 0.6 is 0 Å². The molecular weight excluding hydrogens is 186 g/mol. The van der Waals surface area contributed by atoms with Gasteiger partial charge in [0.1, 0.15) is 0 Å². The zero-order valence-electron chi connectivity index (χ0n) is 4.34. The summed E-state index contributed by atoms with van der Waals surface area (Å²) < 4.78 is 4.26. The fraction of sp³-hybridized carbons (Fsp3) is 0.750. The minimum Gasteiger partial charge on any atom is -0.469 e. The molecule has 0 rings (SSSR count). The minimum atomic E-state index is -0.157. The van der Waals surface area contributed by atoms with E-state index in [0.29, 0.717) is 6.42 Å². The average molecular weight is 195 g/mol. The number of carbonyl (C=O) groups excluding carboxylic acids is 1. The molecule has 0 saturated heterocycles. The SMILES string of the molecule is CCC(=O)OC.[Pd]. The van der Waals surface area contributed by atoms with Crippen LogP contribution in [0.2, 0.25) is 0 Å². The van der Waals surface area contributed by atoms with Crippen molar-refractivity contribution in [3.8, 4) is 0 Å². The molecule has 0 fully saturated rings. The molecule has 0 atom stereocenters. The summed E-state index contributed by atoms with van der Waals surface area (Å²) in [6.07, 6.45) is 0.469. The van der Waals surface area contributed by atoms with Crippen molar-refractivity contribution in [2.24, 2.45) is 0 Å². The van der Waals surface area contributed by atoms with E-state index in [2.05, 4.69) is 4.74 Å². The van der Waals surface area contributed by atoms with Gasteiger partial charge in [0.25, 0.3) is 0 Å². The smallest absolute Gasteiger partial charge is 0.305 e. The van der Waals surface area contributed by atoms with Crippen LogP contribution in [-0.2, 0) is 30.0 Å². The Morgan fingerprint density at radius 1 is 1.71 bits per heavy atom. The summed E-state index contributed by atoms with van der Waals surface area (Å²) in [6, 6.07) is 0. The third-order valence-electron chi connectivity index (χ3n) is 0.516. The Balaban J connectivity index is 0. The largest absolute Gasteiger partial charge is 0.469 e. The molecule has 3 heteroatoms. The van der Waals surface area contributed by atoms with E-state index in [1.54, 1.807) is 6.92 Å². The molecule has 0 aromatic carbocycles. The van der Waals surface area contributed by atoms with Crippen LogP contribution in [0.1, 0.15) is 13.3 Å². The monoisotopic (exact) mass is 194 g/mol. The molecule has 0 aliphatic rings. The number of ether oxygens (including phenoxy) is 1. The second-order valence-corrected chi connectivity index (χ2v) is 0.930. The van der Waals surface area contributed by atoms with E-state index < -0.39 is 0 Å². The fourth-order valence-corrected chi connectivity index (χ4v) is 0.144. The van der Waals surface area contributed by atoms with Crippen LogP contribution < -0.4 is 0 Å². The van der Waals surface area contributed by atoms with Gasteiger partial charge in [0.2, 0.25) is 0 Å². The molecule has 0 radical (unpaired) electrons. The first-order valence-electron chi connectivity index (χ1n) is 1.88. The first kappa shape index (κ1) is 10.2. The quantitative estimate of drug-likeness (QED) is 0.451. The van der Waals surface area contributed by atoms with E-state index in [-0.39, 0.29) is 26.4 Å². The Labute approximate surface area is 56.9 Å². The van der Waals surface area contributed by atoms with E-state index in [9.17, 15) is 4.79 Å². The van der Waals surface area contributed by atoms with Gasteiger partial charge in [-0.25, -0.2) is 0 Å². The maximum Gasteiger partial charge on any atom is 0.305 e. The van der Waals surface area contributed by atoms with Crippen LogP contribution in [0.4, 0.5) is 0 Å². The van der Waals surface area contributed by atoms with Gasteiger partial charge in [-0.05, 0) is 0 Å². The second-order valence-electron chi connectivity index (χ2n) is 0.930. The van der Waals surface area contributed by atoms with Crippen LogP contribution in [-0.4, -0.2) is 13.1 Å². The molecule has 2 nitrogen and oxygen atoms in total. The third-order valence-corrected chi connectivity index (χ3v) is 0.516. The third kappa shape index (κ3) is 6.13. The van der Waals surface area contributed by atoms with Crippen LogP contribution in [0.25, 0.3) is 0 Å². The van der Waals surface area contributed by atoms with E-state index in [1.807, 2.05) is 0 Å². The van der Waals surface area contributed by atoms with E-state index >= 15 is 0 Å². The summed E-state index contributed by atoms with van der Waals surface area (Å²) in [6.45, 7) is 1.76. The summed E-state index contributed by atoms with van der Waals surface area (Å²) in [4.78, 5) is 9.96. The molecule has 0 aliphatic heterocycles. The first-order valence-corrected chi connectivity index (χ1v) is 1.88. The van der Waals surface area contributed by atoms with Gasteiger partial charge < -0.3 is 4.74 Å². The zero-order valence-corrected chi connectivity index (χ0v) is 5.89. The second kappa shape index (κ2) is 6.13. The number of rotatable bonds is 1. The summed E-state index contributed by atoms with van der Waals surface area (Å²) in [5.74, 6) is -0.157. The summed E-state index contributed by atoms with van der Waals surface area (Å²) in [5, 5.41) is 0. The topological polar surface area (TPSA) is 26.3 Å². The van der Waals surface area contributed by atoms with Crippen molar-refractivity contribution in [1.29, 1.82) is 0 Å². The molecule has 0 amide bonds. The maximum atomic E-state index is 9.96. The van der Waals surface area contributed by atoms with Gasteiger partial charge >= 0.3 is 5.97 Å². The van der Waals surface area contributed by atoms with Gasteiger partial charge in [-0.1, -0.05) is 6.92 Å². The molecule has 0 unspecified atom stereocenters. The molecule has 46 valence electrons. The Bertz CT molecular complexity index is 47.7. The predicted octanol–water partition coefficient (Wildman–Crippen LogP) is 0.567. The molecule has 0 heterocycles. The van der Waals surface area contributed by atoms with Crippen LogP contribution in [0.15, 0.2) is 0 Å². The van der Waals surface area contributed by atoms with Crippen LogP contribution in [0, 0.1) is 0 Å². The van der Waals surface area contributed by atoms with Gasteiger partial charge in [-0.2, -0.15) is 0 Å². The van der Waals surface area contributed by atoms with Gasteiger partial charge in [0, 0.05) is 26.8 Å². The molecule has 0 N–H and O–H groups in total. The van der Waals surface area contributed by atoms with Crippen molar-refractivity contribution in [3.05, 3.63) is 0 Å². The molecule has 0 aromatic heterocycles. The van der Waals surface area contributed by atoms with Gasteiger partial charge in [-0.3, -0.25) is 4.79 Å². The molecule has 0 aliphatic carbocycles.